The molecule has 1 atom stereocenters. The zero-order chi connectivity index (χ0) is 22.1. The van der Waals surface area contributed by atoms with Crippen LogP contribution in [0.3, 0.4) is 0 Å². The first-order valence-electron chi connectivity index (χ1n) is 10.3. The molecule has 0 aliphatic heterocycles. The van der Waals surface area contributed by atoms with Gasteiger partial charge in [-0.05, 0) is 31.0 Å². The highest BCUT2D eigenvalue weighted by molar-refractivity contribution is 14.0. The average Bonchev–Trinajstić information content (AvgIpc) is 3.23. The molecule has 3 N–H and O–H groups in total. The first-order valence-corrected chi connectivity index (χ1v) is 10.3. The second-order valence-electron chi connectivity index (χ2n) is 7.50. The van der Waals surface area contributed by atoms with Crippen molar-refractivity contribution >= 4 is 29.9 Å². The summed E-state index contributed by atoms with van der Waals surface area (Å²) in [6, 6.07) is 13.8. The molecule has 0 amide bonds. The van der Waals surface area contributed by atoms with Crippen LogP contribution >= 0.6 is 24.0 Å². The molecule has 2 aromatic heterocycles. The molecule has 0 aliphatic rings. The number of benzene rings is 1. The molecule has 2 heterocycles. The van der Waals surface area contributed by atoms with E-state index in [1.807, 2.05) is 56.4 Å². The van der Waals surface area contributed by atoms with Crippen molar-refractivity contribution in [3.63, 3.8) is 0 Å². The van der Waals surface area contributed by atoms with E-state index in [4.69, 9.17) is 4.74 Å². The smallest absolute Gasteiger partial charge is 0.213 e. The van der Waals surface area contributed by atoms with Gasteiger partial charge in [0.25, 0.3) is 0 Å². The predicted molar refractivity (Wildman–Crippen MR) is 136 cm³/mol. The molecule has 1 unspecified atom stereocenters. The number of nitrogens with zero attached hydrogens (tertiary/aromatic N) is 4. The van der Waals surface area contributed by atoms with Gasteiger partial charge in [-0.2, -0.15) is 5.10 Å². The summed E-state index contributed by atoms with van der Waals surface area (Å²) in [5.41, 5.74) is 1.74. The first kappa shape index (κ1) is 25.6. The summed E-state index contributed by atoms with van der Waals surface area (Å²) in [6.07, 6.45) is 5.19. The molecule has 0 bridgehead atoms. The van der Waals surface area contributed by atoms with Gasteiger partial charge in [-0.3, -0.25) is 4.68 Å². The number of aliphatic imine (C=N–C) groups is 1. The number of hydrogen-bond donors (Lipinski definition) is 3. The number of aliphatic hydroxyl groups is 1. The lowest BCUT2D eigenvalue weighted by Crippen LogP contribution is -2.44. The molecule has 0 radical (unpaired) electrons. The zero-order valence-electron chi connectivity index (χ0n) is 18.7. The molecule has 172 valence electrons. The normalized spacial score (nSPS) is 13.1. The van der Waals surface area contributed by atoms with Crippen molar-refractivity contribution in [2.75, 3.05) is 13.1 Å². The van der Waals surface area contributed by atoms with Gasteiger partial charge in [0, 0.05) is 37.6 Å². The Morgan fingerprint density at radius 3 is 2.66 bits per heavy atom. The van der Waals surface area contributed by atoms with Crippen molar-refractivity contribution in [3.8, 4) is 5.88 Å². The van der Waals surface area contributed by atoms with Crippen molar-refractivity contribution < 1.29 is 9.84 Å². The lowest BCUT2D eigenvalue weighted by molar-refractivity contribution is 0.0616. The molecule has 0 aliphatic carbocycles. The quantitative estimate of drug-likeness (QED) is 0.216. The zero-order valence-corrected chi connectivity index (χ0v) is 21.0. The van der Waals surface area contributed by atoms with Crippen molar-refractivity contribution in [1.29, 1.82) is 0 Å². The number of nitrogens with one attached hydrogen (secondary N) is 2. The number of guanidine groups is 1. The highest BCUT2D eigenvalue weighted by Gasteiger charge is 2.25. The van der Waals surface area contributed by atoms with E-state index in [2.05, 4.69) is 25.7 Å². The number of rotatable bonds is 9. The van der Waals surface area contributed by atoms with Gasteiger partial charge in [-0.1, -0.05) is 30.3 Å². The molecule has 0 spiro atoms. The lowest BCUT2D eigenvalue weighted by Gasteiger charge is -2.23. The van der Waals surface area contributed by atoms with Crippen LogP contribution < -0.4 is 15.4 Å². The second-order valence-corrected chi connectivity index (χ2v) is 7.50. The Morgan fingerprint density at radius 1 is 1.19 bits per heavy atom. The minimum atomic E-state index is -1.07. The second kappa shape index (κ2) is 12.4. The van der Waals surface area contributed by atoms with Gasteiger partial charge in [-0.15, -0.1) is 24.0 Å². The Morgan fingerprint density at radius 2 is 1.97 bits per heavy atom. The maximum atomic E-state index is 10.8. The van der Waals surface area contributed by atoms with Crippen LogP contribution in [0.1, 0.15) is 30.5 Å². The largest absolute Gasteiger partial charge is 0.473 e. The van der Waals surface area contributed by atoms with E-state index >= 15 is 0 Å². The Kier molecular flexibility index (Phi) is 9.92. The van der Waals surface area contributed by atoms with Crippen LogP contribution in [-0.2, 0) is 25.8 Å². The van der Waals surface area contributed by atoms with Crippen molar-refractivity contribution in [3.05, 3.63) is 77.7 Å². The number of halogens is 1. The Labute approximate surface area is 206 Å². The maximum absolute atomic E-state index is 10.8. The molecule has 1 aromatic carbocycles. The maximum Gasteiger partial charge on any atom is 0.213 e. The third kappa shape index (κ3) is 7.79. The van der Waals surface area contributed by atoms with Gasteiger partial charge >= 0.3 is 0 Å². The van der Waals surface area contributed by atoms with Crippen LogP contribution in [0.2, 0.25) is 0 Å². The molecule has 0 fully saturated rings. The van der Waals surface area contributed by atoms with E-state index in [9.17, 15) is 5.11 Å². The van der Waals surface area contributed by atoms with Crippen molar-refractivity contribution in [2.24, 2.45) is 12.0 Å². The van der Waals surface area contributed by atoms with Crippen LogP contribution in [0.15, 0.2) is 66.0 Å². The summed E-state index contributed by atoms with van der Waals surface area (Å²) in [5.74, 6) is 1.18. The monoisotopic (exact) mass is 550 g/mol. The fraction of sp³-hybridized carbons (Fsp3) is 0.348. The predicted octanol–water partition coefficient (Wildman–Crippen LogP) is 2.97. The summed E-state index contributed by atoms with van der Waals surface area (Å²) in [7, 11) is 1.82. The Hall–Kier alpha value is -2.66. The lowest BCUT2D eigenvalue weighted by atomic mass is 10.00. The fourth-order valence-electron chi connectivity index (χ4n) is 2.93. The topological polar surface area (TPSA) is 96.6 Å². The third-order valence-corrected chi connectivity index (χ3v) is 4.72. The standard InChI is InChI=1S/C23H30N6O2.HI/c1-4-24-22(27-17-23(2,30)20-14-28-29(3)15-20)26-13-19-10-11-25-21(12-19)31-16-18-8-6-5-7-9-18;/h5-12,14-15,30H,4,13,16-17H2,1-3H3,(H2,24,26,27);1H. The van der Waals surface area contributed by atoms with Crippen LogP contribution in [-0.4, -0.2) is 38.9 Å². The van der Waals surface area contributed by atoms with Gasteiger partial charge in [0.1, 0.15) is 12.2 Å². The van der Waals surface area contributed by atoms with E-state index < -0.39 is 5.60 Å². The fourth-order valence-corrected chi connectivity index (χ4v) is 2.93. The van der Waals surface area contributed by atoms with Gasteiger partial charge in [0.15, 0.2) is 5.96 Å². The summed E-state index contributed by atoms with van der Waals surface area (Å²) in [5, 5.41) is 21.3. The average molecular weight is 550 g/mol. The molecular weight excluding hydrogens is 519 g/mol. The summed E-state index contributed by atoms with van der Waals surface area (Å²) < 4.78 is 7.47. The summed E-state index contributed by atoms with van der Waals surface area (Å²) >= 11 is 0. The first-order chi connectivity index (χ1) is 15.0. The Balaban J connectivity index is 0.00000363. The minimum Gasteiger partial charge on any atom is -0.473 e. The number of aryl methyl sites for hydroxylation is 1. The van der Waals surface area contributed by atoms with E-state index in [-0.39, 0.29) is 24.0 Å². The number of hydrogen-bond acceptors (Lipinski definition) is 5. The van der Waals surface area contributed by atoms with Crippen LogP contribution in [0.25, 0.3) is 0 Å². The van der Waals surface area contributed by atoms with E-state index in [0.29, 0.717) is 38.1 Å². The minimum absolute atomic E-state index is 0. The van der Waals surface area contributed by atoms with Gasteiger partial charge in [-0.25, -0.2) is 9.98 Å². The highest BCUT2D eigenvalue weighted by Crippen LogP contribution is 2.18. The number of aromatic nitrogens is 3. The van der Waals surface area contributed by atoms with Crippen molar-refractivity contribution in [1.82, 2.24) is 25.4 Å². The SMILES string of the molecule is CCNC(=NCc1ccnc(OCc2ccccc2)c1)NCC(C)(O)c1cnn(C)c1.I. The molecule has 3 rings (SSSR count). The summed E-state index contributed by atoms with van der Waals surface area (Å²) in [6.45, 7) is 5.68. The van der Waals surface area contributed by atoms with Gasteiger partial charge in [0.2, 0.25) is 5.88 Å². The van der Waals surface area contributed by atoms with Crippen LogP contribution in [0.4, 0.5) is 0 Å². The van der Waals surface area contributed by atoms with E-state index in [0.717, 1.165) is 16.7 Å². The molecule has 9 heteroatoms. The van der Waals surface area contributed by atoms with E-state index in [1.54, 1.807) is 30.2 Å². The Bertz CT molecular complexity index is 991. The summed E-state index contributed by atoms with van der Waals surface area (Å²) in [4.78, 5) is 8.90. The number of pyridine rings is 1. The molecule has 0 saturated carbocycles. The van der Waals surface area contributed by atoms with E-state index in [1.165, 1.54) is 0 Å². The highest BCUT2D eigenvalue weighted by atomic mass is 127. The van der Waals surface area contributed by atoms with Crippen LogP contribution in [0, 0.1) is 0 Å². The molecule has 0 saturated heterocycles. The van der Waals surface area contributed by atoms with Gasteiger partial charge in [0.05, 0.1) is 19.3 Å². The molecular formula is C23H31IN6O2. The number of ether oxygens (including phenoxy) is 1. The molecule has 8 nitrogen and oxygen atoms in total. The van der Waals surface area contributed by atoms with Crippen LogP contribution in [0.5, 0.6) is 5.88 Å². The van der Waals surface area contributed by atoms with Crippen molar-refractivity contribution in [2.45, 2.75) is 32.6 Å². The molecule has 3 aromatic rings. The van der Waals surface area contributed by atoms with Gasteiger partial charge < -0.3 is 20.5 Å². The third-order valence-electron chi connectivity index (χ3n) is 4.72. The molecule has 32 heavy (non-hydrogen) atoms.